The molecule has 1 N–H and O–H groups in total. The van der Waals surface area contributed by atoms with Crippen molar-refractivity contribution in [1.82, 2.24) is 15.1 Å². The number of rotatable bonds is 3. The van der Waals surface area contributed by atoms with Gasteiger partial charge in [0.05, 0.1) is 11.7 Å². The van der Waals surface area contributed by atoms with Gasteiger partial charge in [0.2, 0.25) is 5.91 Å². The zero-order chi connectivity index (χ0) is 13.6. The molecule has 1 aliphatic carbocycles. The second kappa shape index (κ2) is 4.74. The van der Waals surface area contributed by atoms with Crippen molar-refractivity contribution in [1.29, 1.82) is 0 Å². The Balaban J connectivity index is 1.69. The quantitative estimate of drug-likeness (QED) is 0.835. The second-order valence-corrected chi connectivity index (χ2v) is 7.14. The van der Waals surface area contributed by atoms with E-state index in [2.05, 4.69) is 36.0 Å². The Morgan fingerprint density at radius 3 is 2.74 bits per heavy atom. The van der Waals surface area contributed by atoms with Gasteiger partial charge < -0.3 is 9.80 Å². The van der Waals surface area contributed by atoms with Crippen molar-refractivity contribution in [2.24, 2.45) is 11.8 Å². The van der Waals surface area contributed by atoms with Crippen molar-refractivity contribution in [2.45, 2.75) is 51.2 Å². The topological polar surface area (TPSA) is 35.6 Å². The third-order valence-electron chi connectivity index (χ3n) is 4.99. The molecular formula is C15H27N3O. The van der Waals surface area contributed by atoms with Crippen LogP contribution < -0.4 is 5.32 Å². The summed E-state index contributed by atoms with van der Waals surface area (Å²) in [5.74, 6) is 1.52. The second-order valence-electron chi connectivity index (χ2n) is 7.14. The van der Waals surface area contributed by atoms with E-state index in [1.54, 1.807) is 0 Å². The first-order chi connectivity index (χ1) is 9.02. The van der Waals surface area contributed by atoms with Crippen molar-refractivity contribution in [3.8, 4) is 0 Å². The van der Waals surface area contributed by atoms with Gasteiger partial charge in [-0.3, -0.25) is 10.1 Å². The Bertz CT molecular complexity index is 364. The Morgan fingerprint density at radius 1 is 1.42 bits per heavy atom. The third-order valence-corrected chi connectivity index (χ3v) is 4.99. The molecule has 2 heterocycles. The highest BCUT2D eigenvalue weighted by atomic mass is 16.2. The first kappa shape index (κ1) is 13.4. The minimum atomic E-state index is -0.157. The maximum absolute atomic E-state index is 12.6. The molecule has 19 heavy (non-hydrogen) atoms. The number of hydrogen-bond acceptors (Lipinski definition) is 3. The Kier molecular flexibility index (Phi) is 3.34. The number of nitrogens with zero attached hydrogens (tertiary/aromatic N) is 2. The monoisotopic (exact) mass is 265 g/mol. The van der Waals surface area contributed by atoms with Gasteiger partial charge in [-0.1, -0.05) is 13.8 Å². The van der Waals surface area contributed by atoms with Crippen LogP contribution in [0.1, 0.15) is 39.5 Å². The fourth-order valence-electron chi connectivity index (χ4n) is 3.73. The Hall–Kier alpha value is -0.610. The summed E-state index contributed by atoms with van der Waals surface area (Å²) in [7, 11) is 2.19. The van der Waals surface area contributed by atoms with Gasteiger partial charge in [0.1, 0.15) is 0 Å². The molecule has 3 rings (SSSR count). The minimum Gasteiger partial charge on any atom is -0.325 e. The van der Waals surface area contributed by atoms with Gasteiger partial charge in [0.15, 0.2) is 0 Å². The van der Waals surface area contributed by atoms with E-state index < -0.39 is 0 Å². The number of likely N-dealkylation sites (tertiary alicyclic amines) is 1. The molecule has 4 heteroatoms. The number of amides is 1. The van der Waals surface area contributed by atoms with Crippen LogP contribution in [0.25, 0.3) is 0 Å². The van der Waals surface area contributed by atoms with Crippen LogP contribution in [0.5, 0.6) is 0 Å². The number of carbonyl (C=O) groups is 1. The van der Waals surface area contributed by atoms with Crippen molar-refractivity contribution in [3.63, 3.8) is 0 Å². The van der Waals surface area contributed by atoms with E-state index in [9.17, 15) is 4.79 Å². The van der Waals surface area contributed by atoms with Crippen molar-refractivity contribution < 1.29 is 4.79 Å². The maximum atomic E-state index is 12.6. The van der Waals surface area contributed by atoms with Crippen molar-refractivity contribution in [3.05, 3.63) is 0 Å². The standard InChI is InChI=1S/C15H27N3O/c1-11(2)13-16-15(6-7-15)14(19)18(13)10-12-5-4-8-17(3)9-12/h11-13,16H,4-10H2,1-3H3. The van der Waals surface area contributed by atoms with E-state index in [-0.39, 0.29) is 11.7 Å². The molecule has 0 aromatic heterocycles. The average Bonchev–Trinajstić information content (AvgIpc) is 3.08. The molecule has 2 aliphatic heterocycles. The van der Waals surface area contributed by atoms with E-state index in [1.165, 1.54) is 19.4 Å². The fraction of sp³-hybridized carbons (Fsp3) is 0.933. The summed E-state index contributed by atoms with van der Waals surface area (Å²) in [6.45, 7) is 7.72. The number of hydrogen-bond donors (Lipinski definition) is 1. The van der Waals surface area contributed by atoms with E-state index >= 15 is 0 Å². The first-order valence-corrected chi connectivity index (χ1v) is 7.79. The fourth-order valence-corrected chi connectivity index (χ4v) is 3.73. The molecule has 1 spiro atoms. The lowest BCUT2D eigenvalue weighted by atomic mass is 9.97. The Labute approximate surface area is 116 Å². The van der Waals surface area contributed by atoms with Crippen LogP contribution in [0.4, 0.5) is 0 Å². The van der Waals surface area contributed by atoms with Crippen LogP contribution in [-0.2, 0) is 4.79 Å². The molecule has 0 aromatic carbocycles. The largest absolute Gasteiger partial charge is 0.325 e. The SMILES string of the molecule is CC(C)C1NC2(CC2)C(=O)N1CC1CCCN(C)C1. The molecule has 2 atom stereocenters. The Morgan fingerprint density at radius 2 is 2.16 bits per heavy atom. The van der Waals surface area contributed by atoms with Crippen LogP contribution in [0, 0.1) is 11.8 Å². The number of carbonyl (C=O) groups excluding carboxylic acids is 1. The molecule has 4 nitrogen and oxygen atoms in total. The predicted octanol–water partition coefficient (Wildman–Crippen LogP) is 1.27. The highest BCUT2D eigenvalue weighted by Gasteiger charge is 2.59. The molecule has 3 aliphatic rings. The van der Waals surface area contributed by atoms with Gasteiger partial charge in [-0.2, -0.15) is 0 Å². The molecule has 108 valence electrons. The van der Waals surface area contributed by atoms with Crippen LogP contribution in [-0.4, -0.2) is 54.1 Å². The molecule has 0 radical (unpaired) electrons. The van der Waals surface area contributed by atoms with Crippen LogP contribution in [0.2, 0.25) is 0 Å². The summed E-state index contributed by atoms with van der Waals surface area (Å²) < 4.78 is 0. The zero-order valence-corrected chi connectivity index (χ0v) is 12.5. The average molecular weight is 265 g/mol. The molecule has 1 amide bonds. The van der Waals surface area contributed by atoms with E-state index in [1.807, 2.05) is 0 Å². The molecule has 2 unspecified atom stereocenters. The van der Waals surface area contributed by atoms with Gasteiger partial charge in [-0.05, 0) is 51.1 Å². The van der Waals surface area contributed by atoms with Crippen molar-refractivity contribution in [2.75, 3.05) is 26.7 Å². The number of piperidine rings is 1. The zero-order valence-electron chi connectivity index (χ0n) is 12.5. The predicted molar refractivity (Wildman–Crippen MR) is 75.7 cm³/mol. The van der Waals surface area contributed by atoms with Crippen LogP contribution in [0.3, 0.4) is 0 Å². The van der Waals surface area contributed by atoms with Gasteiger partial charge >= 0.3 is 0 Å². The summed E-state index contributed by atoms with van der Waals surface area (Å²) in [5, 5.41) is 3.60. The van der Waals surface area contributed by atoms with Gasteiger partial charge in [0, 0.05) is 13.1 Å². The van der Waals surface area contributed by atoms with Crippen LogP contribution in [0.15, 0.2) is 0 Å². The number of nitrogens with one attached hydrogen (secondary N) is 1. The molecule has 0 aromatic rings. The van der Waals surface area contributed by atoms with Crippen molar-refractivity contribution >= 4 is 5.91 Å². The highest BCUT2D eigenvalue weighted by Crippen LogP contribution is 2.43. The highest BCUT2D eigenvalue weighted by molar-refractivity contribution is 5.91. The molecular weight excluding hydrogens is 238 g/mol. The lowest BCUT2D eigenvalue weighted by molar-refractivity contribution is -0.132. The van der Waals surface area contributed by atoms with E-state index in [4.69, 9.17) is 0 Å². The third kappa shape index (κ3) is 2.40. The van der Waals surface area contributed by atoms with E-state index in [0.717, 1.165) is 25.9 Å². The van der Waals surface area contributed by atoms with Gasteiger partial charge in [-0.15, -0.1) is 0 Å². The summed E-state index contributed by atoms with van der Waals surface area (Å²) in [4.78, 5) is 17.2. The normalized spacial score (nSPS) is 34.5. The summed E-state index contributed by atoms with van der Waals surface area (Å²) in [6.07, 6.45) is 4.87. The molecule has 3 fully saturated rings. The minimum absolute atomic E-state index is 0.157. The summed E-state index contributed by atoms with van der Waals surface area (Å²) in [6, 6.07) is 0. The van der Waals surface area contributed by atoms with E-state index in [0.29, 0.717) is 17.7 Å². The summed E-state index contributed by atoms with van der Waals surface area (Å²) in [5.41, 5.74) is -0.157. The maximum Gasteiger partial charge on any atom is 0.244 e. The molecule has 1 saturated carbocycles. The molecule has 2 saturated heterocycles. The molecule has 0 bridgehead atoms. The van der Waals surface area contributed by atoms with Gasteiger partial charge in [0.25, 0.3) is 0 Å². The summed E-state index contributed by atoms with van der Waals surface area (Å²) >= 11 is 0. The van der Waals surface area contributed by atoms with Crippen LogP contribution >= 0.6 is 0 Å². The first-order valence-electron chi connectivity index (χ1n) is 7.79. The lowest BCUT2D eigenvalue weighted by Crippen LogP contribution is -2.46. The lowest BCUT2D eigenvalue weighted by Gasteiger charge is -2.35. The smallest absolute Gasteiger partial charge is 0.244 e. The van der Waals surface area contributed by atoms with Gasteiger partial charge in [-0.25, -0.2) is 0 Å².